The second-order valence-electron chi connectivity index (χ2n) is 5.09. The van der Waals surface area contributed by atoms with Gasteiger partial charge in [-0.2, -0.15) is 0 Å². The van der Waals surface area contributed by atoms with Crippen LogP contribution >= 0.6 is 0 Å². The van der Waals surface area contributed by atoms with Crippen LogP contribution in [0.4, 0.5) is 0 Å². The number of amides is 1. The van der Waals surface area contributed by atoms with Crippen LogP contribution in [0, 0.1) is 0 Å². The van der Waals surface area contributed by atoms with Crippen molar-refractivity contribution >= 4 is 5.91 Å². The number of benzene rings is 1. The van der Waals surface area contributed by atoms with Crippen molar-refractivity contribution < 1.29 is 9.53 Å². The Balaban J connectivity index is 1.89. The number of para-hydroxylation sites is 1. The zero-order valence-corrected chi connectivity index (χ0v) is 12.3. The van der Waals surface area contributed by atoms with Gasteiger partial charge in [-0.25, -0.2) is 0 Å². The number of carbonyl (C=O) groups is 1. The van der Waals surface area contributed by atoms with Crippen molar-refractivity contribution in [1.82, 2.24) is 15.1 Å². The molecule has 1 aromatic carbocycles. The third kappa shape index (κ3) is 3.95. The number of hydrogen-bond acceptors (Lipinski definition) is 4. The van der Waals surface area contributed by atoms with Crippen LogP contribution in [0.2, 0.25) is 0 Å². The quantitative estimate of drug-likeness (QED) is 0.854. The van der Waals surface area contributed by atoms with E-state index in [-0.39, 0.29) is 5.91 Å². The number of carbonyl (C=O) groups excluding carboxylic acids is 1. The summed E-state index contributed by atoms with van der Waals surface area (Å²) in [5.41, 5.74) is 1.03. The van der Waals surface area contributed by atoms with E-state index in [0.717, 1.165) is 37.5 Å². The summed E-state index contributed by atoms with van der Waals surface area (Å²) in [6.45, 7) is 4.87. The SMILES string of the molecule is COc1ccccc1CN(C)C(=O)CN1CCNCC1. The van der Waals surface area contributed by atoms with Crippen LogP contribution in [-0.2, 0) is 11.3 Å². The first-order chi connectivity index (χ1) is 9.70. The Hall–Kier alpha value is -1.59. The highest BCUT2D eigenvalue weighted by atomic mass is 16.5. The lowest BCUT2D eigenvalue weighted by Gasteiger charge is -2.28. The zero-order valence-electron chi connectivity index (χ0n) is 12.3. The Morgan fingerprint density at radius 3 is 2.75 bits per heavy atom. The van der Waals surface area contributed by atoms with Gasteiger partial charge in [0, 0.05) is 45.3 Å². The van der Waals surface area contributed by atoms with Crippen LogP contribution in [-0.4, -0.2) is 62.6 Å². The lowest BCUT2D eigenvalue weighted by Crippen LogP contribution is -2.47. The number of likely N-dealkylation sites (N-methyl/N-ethyl adjacent to an activating group) is 1. The largest absolute Gasteiger partial charge is 0.496 e. The summed E-state index contributed by atoms with van der Waals surface area (Å²) in [6, 6.07) is 7.81. The maximum absolute atomic E-state index is 12.2. The Labute approximate surface area is 120 Å². The number of nitrogens with zero attached hydrogens (tertiary/aromatic N) is 2. The highest BCUT2D eigenvalue weighted by molar-refractivity contribution is 5.78. The summed E-state index contributed by atoms with van der Waals surface area (Å²) < 4.78 is 5.32. The van der Waals surface area contributed by atoms with Gasteiger partial charge in [0.2, 0.25) is 5.91 Å². The number of ether oxygens (including phenoxy) is 1. The maximum Gasteiger partial charge on any atom is 0.236 e. The smallest absolute Gasteiger partial charge is 0.236 e. The van der Waals surface area contributed by atoms with Gasteiger partial charge in [-0.15, -0.1) is 0 Å². The molecule has 1 heterocycles. The number of hydrogen-bond donors (Lipinski definition) is 1. The van der Waals surface area contributed by atoms with Crippen LogP contribution in [0.1, 0.15) is 5.56 Å². The highest BCUT2D eigenvalue weighted by Crippen LogP contribution is 2.18. The first-order valence-corrected chi connectivity index (χ1v) is 6.99. The minimum Gasteiger partial charge on any atom is -0.496 e. The molecule has 0 aliphatic carbocycles. The Kier molecular flexibility index (Phi) is 5.38. The topological polar surface area (TPSA) is 44.8 Å². The summed E-state index contributed by atoms with van der Waals surface area (Å²) in [7, 11) is 3.50. The van der Waals surface area contributed by atoms with Crippen LogP contribution < -0.4 is 10.1 Å². The van der Waals surface area contributed by atoms with Gasteiger partial charge in [0.1, 0.15) is 5.75 Å². The summed E-state index contributed by atoms with van der Waals surface area (Å²) >= 11 is 0. The standard InChI is InChI=1S/C15H23N3O2/c1-17(11-13-5-3-4-6-14(13)20-2)15(19)12-18-9-7-16-8-10-18/h3-6,16H,7-12H2,1-2H3. The van der Waals surface area contributed by atoms with Crippen molar-refractivity contribution in [3.05, 3.63) is 29.8 Å². The molecule has 1 aliphatic heterocycles. The molecule has 0 radical (unpaired) electrons. The van der Waals surface area contributed by atoms with E-state index in [4.69, 9.17) is 4.74 Å². The molecular formula is C15H23N3O2. The number of rotatable bonds is 5. The summed E-state index contributed by atoms with van der Waals surface area (Å²) in [5.74, 6) is 0.979. The first kappa shape index (κ1) is 14.8. The minimum atomic E-state index is 0.151. The van der Waals surface area contributed by atoms with Crippen molar-refractivity contribution in [2.24, 2.45) is 0 Å². The monoisotopic (exact) mass is 277 g/mol. The van der Waals surface area contributed by atoms with E-state index in [1.807, 2.05) is 31.3 Å². The lowest BCUT2D eigenvalue weighted by atomic mass is 10.2. The van der Waals surface area contributed by atoms with Crippen LogP contribution in [0.3, 0.4) is 0 Å². The number of nitrogens with one attached hydrogen (secondary N) is 1. The van der Waals surface area contributed by atoms with Gasteiger partial charge in [-0.3, -0.25) is 9.69 Å². The van der Waals surface area contributed by atoms with Gasteiger partial charge >= 0.3 is 0 Å². The molecule has 0 bridgehead atoms. The van der Waals surface area contributed by atoms with Gasteiger partial charge in [-0.1, -0.05) is 18.2 Å². The third-order valence-electron chi connectivity index (χ3n) is 3.59. The molecule has 1 aliphatic rings. The van der Waals surface area contributed by atoms with Crippen LogP contribution in [0.5, 0.6) is 5.75 Å². The van der Waals surface area contributed by atoms with Gasteiger partial charge in [0.05, 0.1) is 13.7 Å². The van der Waals surface area contributed by atoms with Crippen molar-refractivity contribution in [2.45, 2.75) is 6.54 Å². The fraction of sp³-hybridized carbons (Fsp3) is 0.533. The normalized spacial score (nSPS) is 15.9. The molecule has 110 valence electrons. The Morgan fingerprint density at radius 1 is 1.35 bits per heavy atom. The van der Waals surface area contributed by atoms with Gasteiger partial charge in [0.15, 0.2) is 0 Å². The Morgan fingerprint density at radius 2 is 2.05 bits per heavy atom. The van der Waals surface area contributed by atoms with E-state index in [1.54, 1.807) is 12.0 Å². The molecule has 0 saturated carbocycles. The third-order valence-corrected chi connectivity index (χ3v) is 3.59. The Bertz CT molecular complexity index is 444. The zero-order chi connectivity index (χ0) is 14.4. The van der Waals surface area contributed by atoms with E-state index in [2.05, 4.69) is 10.2 Å². The number of methoxy groups -OCH3 is 1. The van der Waals surface area contributed by atoms with E-state index >= 15 is 0 Å². The van der Waals surface area contributed by atoms with Crippen LogP contribution in [0.25, 0.3) is 0 Å². The first-order valence-electron chi connectivity index (χ1n) is 6.99. The predicted molar refractivity (Wildman–Crippen MR) is 78.8 cm³/mol. The molecule has 0 aromatic heterocycles. The fourth-order valence-corrected chi connectivity index (χ4v) is 2.36. The molecule has 1 amide bonds. The van der Waals surface area contributed by atoms with Gasteiger partial charge < -0.3 is 15.0 Å². The molecule has 1 fully saturated rings. The maximum atomic E-state index is 12.2. The average molecular weight is 277 g/mol. The molecule has 1 aromatic rings. The molecule has 0 spiro atoms. The molecule has 0 atom stereocenters. The van der Waals surface area contributed by atoms with Crippen molar-refractivity contribution in [1.29, 1.82) is 0 Å². The summed E-state index contributed by atoms with van der Waals surface area (Å²) in [6.07, 6.45) is 0. The van der Waals surface area contributed by atoms with E-state index in [9.17, 15) is 4.79 Å². The van der Waals surface area contributed by atoms with Crippen LogP contribution in [0.15, 0.2) is 24.3 Å². The molecule has 1 N–H and O–H groups in total. The molecular weight excluding hydrogens is 254 g/mol. The van der Waals surface area contributed by atoms with Crippen molar-refractivity contribution in [3.63, 3.8) is 0 Å². The van der Waals surface area contributed by atoms with Crippen molar-refractivity contribution in [2.75, 3.05) is 46.9 Å². The fourth-order valence-electron chi connectivity index (χ4n) is 2.36. The number of piperazine rings is 1. The molecule has 2 rings (SSSR count). The average Bonchev–Trinajstić information content (AvgIpc) is 2.48. The lowest BCUT2D eigenvalue weighted by molar-refractivity contribution is -0.131. The van der Waals surface area contributed by atoms with E-state index in [0.29, 0.717) is 13.1 Å². The summed E-state index contributed by atoms with van der Waals surface area (Å²) in [4.78, 5) is 16.2. The van der Waals surface area contributed by atoms with E-state index < -0.39 is 0 Å². The molecule has 5 heteroatoms. The van der Waals surface area contributed by atoms with E-state index in [1.165, 1.54) is 0 Å². The highest BCUT2D eigenvalue weighted by Gasteiger charge is 2.17. The molecule has 1 saturated heterocycles. The molecule has 5 nitrogen and oxygen atoms in total. The second-order valence-corrected chi connectivity index (χ2v) is 5.09. The second kappa shape index (κ2) is 7.26. The predicted octanol–water partition coefficient (Wildman–Crippen LogP) is 0.559. The molecule has 0 unspecified atom stereocenters. The minimum absolute atomic E-state index is 0.151. The summed E-state index contributed by atoms with van der Waals surface area (Å²) in [5, 5.41) is 3.29. The van der Waals surface area contributed by atoms with Gasteiger partial charge in [0.25, 0.3) is 0 Å². The molecule has 20 heavy (non-hydrogen) atoms. The van der Waals surface area contributed by atoms with Crippen molar-refractivity contribution in [3.8, 4) is 5.75 Å². The van der Waals surface area contributed by atoms with Gasteiger partial charge in [-0.05, 0) is 6.07 Å².